The maximum absolute atomic E-state index is 12.0. The van der Waals surface area contributed by atoms with E-state index in [1.165, 1.54) is 47.2 Å². The zero-order valence-corrected chi connectivity index (χ0v) is 30.2. The molecule has 240 valence electrons. The molecule has 0 saturated carbocycles. The first-order valence-corrected chi connectivity index (χ1v) is 23.0. The second-order valence-corrected chi connectivity index (χ2v) is 17.7. The highest BCUT2D eigenvalue weighted by Gasteiger charge is 2.03. The van der Waals surface area contributed by atoms with Crippen molar-refractivity contribution in [3.05, 3.63) is 0 Å². The molecule has 0 heterocycles. The molecule has 0 spiro atoms. The maximum atomic E-state index is 12.0. The summed E-state index contributed by atoms with van der Waals surface area (Å²) in [6.45, 7) is 0. The van der Waals surface area contributed by atoms with Crippen molar-refractivity contribution in [1.29, 1.82) is 0 Å². The van der Waals surface area contributed by atoms with Crippen molar-refractivity contribution < 1.29 is 38.5 Å². The lowest BCUT2D eigenvalue weighted by molar-refractivity contribution is -0.196. The van der Waals surface area contributed by atoms with E-state index < -0.39 is 16.9 Å². The van der Waals surface area contributed by atoms with Gasteiger partial charge in [-0.1, -0.05) is 23.5 Å². The molecule has 0 radical (unpaired) electrons. The molecule has 22 heteroatoms. The molecule has 0 aromatic heterocycles. The highest BCUT2D eigenvalue weighted by Crippen LogP contribution is 2.16. The second kappa shape index (κ2) is 35.5. The van der Waals surface area contributed by atoms with Crippen LogP contribution in [0.1, 0.15) is 0 Å². The number of rotatable bonds is 29. The van der Waals surface area contributed by atoms with Crippen molar-refractivity contribution in [2.75, 3.05) is 85.5 Å². The van der Waals surface area contributed by atoms with Crippen LogP contribution in [0.3, 0.4) is 0 Å². The number of carbonyl (C=O) groups is 2. The fourth-order valence-corrected chi connectivity index (χ4v) is 9.41. The van der Waals surface area contributed by atoms with Gasteiger partial charge in [0.1, 0.15) is 11.9 Å². The number of alkyl carbamates (subject to hydrolysis) is 1. The van der Waals surface area contributed by atoms with Crippen LogP contribution in [0.15, 0.2) is 9.98 Å². The predicted molar refractivity (Wildman–Crippen MR) is 191 cm³/mol. The number of carbonyl (C=O) groups excluding carboxylic acids is 2. The van der Waals surface area contributed by atoms with Crippen molar-refractivity contribution in [2.45, 2.75) is 0 Å². The van der Waals surface area contributed by atoms with Gasteiger partial charge in [0, 0.05) is 38.3 Å². The summed E-state index contributed by atoms with van der Waals surface area (Å²) >= 11 is 13.3. The molecule has 0 aromatic carbocycles. The van der Waals surface area contributed by atoms with Crippen LogP contribution in [-0.4, -0.2) is 123 Å². The summed E-state index contributed by atoms with van der Waals surface area (Å²) < 4.78 is 16.8. The van der Waals surface area contributed by atoms with Crippen LogP contribution < -0.4 is 10.6 Å². The zero-order chi connectivity index (χ0) is 30.1. The number of aliphatic hydroxyl groups excluding tert-OH is 2. The van der Waals surface area contributed by atoms with Gasteiger partial charge in [0.2, 0.25) is 6.40 Å². The summed E-state index contributed by atoms with van der Waals surface area (Å²) in [5, 5.41) is 25.0. The minimum atomic E-state index is -1.08. The monoisotopic (exact) mass is 768 g/mol. The topological polar surface area (TPSA) is 168 Å². The van der Waals surface area contributed by atoms with Gasteiger partial charge in [-0.15, -0.1) is 58.8 Å². The molecule has 4 N–H and O–H groups in total. The highest BCUT2D eigenvalue weighted by atomic mass is 32.2. The van der Waals surface area contributed by atoms with Crippen molar-refractivity contribution >= 4 is 140 Å². The predicted octanol–water partition coefficient (Wildman–Crippen LogP) is 4.29. The smallest absolute Gasteiger partial charge is 0.408 e. The maximum Gasteiger partial charge on any atom is 0.408 e. The summed E-state index contributed by atoms with van der Waals surface area (Å²) in [6.07, 6.45) is 0.708. The molecule has 0 aliphatic carbocycles. The first-order chi connectivity index (χ1) is 20.1. The second-order valence-electron chi connectivity index (χ2n) is 6.23. The molecule has 12 nitrogen and oxygen atoms in total. The van der Waals surface area contributed by atoms with Crippen molar-refractivity contribution in [2.24, 2.45) is 9.98 Å². The number of nitrogens with zero attached hydrogens (tertiary/aromatic N) is 2. The Morgan fingerprint density at radius 2 is 1.44 bits per heavy atom. The lowest BCUT2D eigenvalue weighted by atomic mass is 11.0. The van der Waals surface area contributed by atoms with Gasteiger partial charge >= 0.3 is 6.09 Å². The van der Waals surface area contributed by atoms with E-state index in [9.17, 15) is 13.8 Å². The summed E-state index contributed by atoms with van der Waals surface area (Å²) in [6, 6.07) is 0. The highest BCUT2D eigenvalue weighted by molar-refractivity contribution is 8.18. The molecule has 0 rings (SSSR count). The Kier molecular flexibility index (Phi) is 36.5. The van der Waals surface area contributed by atoms with E-state index in [1.807, 2.05) is 0 Å². The number of aliphatic hydroxyl groups is 2. The third-order valence-corrected chi connectivity index (χ3v) is 12.9. The zero-order valence-electron chi connectivity index (χ0n) is 22.1. The molecular weight excluding hydrogens is 733 g/mol. The van der Waals surface area contributed by atoms with Crippen molar-refractivity contribution in [3.8, 4) is 0 Å². The van der Waals surface area contributed by atoms with Crippen molar-refractivity contribution in [3.63, 3.8) is 0 Å². The standard InChI is InChI=1S/C19H36N4O8S10/c24-11-38-13-29-18(26)22-8-36-17-35-7-21-10-41(28)4-3-33-15-32-1-2-40-19(27)23-9-37-16-34-6-20-5-30-31-14-39-12-25/h5,10,24-25H,1-4,6-9,11-17H2,(H,22,26)(H,23,27). The number of hydrogen-bond acceptors (Lipinski definition) is 19. The number of hydrogen-bond donors (Lipinski definition) is 4. The van der Waals surface area contributed by atoms with Crippen LogP contribution in [0.4, 0.5) is 9.59 Å². The van der Waals surface area contributed by atoms with Crippen LogP contribution in [0, 0.1) is 0 Å². The molecule has 1 atom stereocenters. The third kappa shape index (κ3) is 35.4. The Hall–Kier alpha value is 1.06. The Balaban J connectivity index is 3.39. The molecular formula is C19H36N4O8S10. The minimum Gasteiger partial charge on any atom is -0.438 e. The third-order valence-electron chi connectivity index (χ3n) is 3.32. The Bertz CT molecular complexity index is 719. The lowest BCUT2D eigenvalue weighted by Crippen LogP contribution is -2.23. The summed E-state index contributed by atoms with van der Waals surface area (Å²) in [5.74, 6) is 5.19. The van der Waals surface area contributed by atoms with Crippen LogP contribution in [0.2, 0.25) is 0 Å². The quantitative estimate of drug-likeness (QED) is 0.0212. The van der Waals surface area contributed by atoms with E-state index in [1.54, 1.807) is 58.8 Å². The first kappa shape index (κ1) is 42.1. The van der Waals surface area contributed by atoms with E-state index in [0.29, 0.717) is 29.3 Å². The summed E-state index contributed by atoms with van der Waals surface area (Å²) in [7, 11) is -1.08. The molecule has 1 unspecified atom stereocenters. The van der Waals surface area contributed by atoms with Gasteiger partial charge in [-0.3, -0.25) is 14.0 Å². The van der Waals surface area contributed by atoms with E-state index in [4.69, 9.17) is 19.8 Å². The van der Waals surface area contributed by atoms with E-state index in [0.717, 1.165) is 44.3 Å². The molecule has 0 aliphatic heterocycles. The molecule has 41 heavy (non-hydrogen) atoms. The normalized spacial score (nSPS) is 12.1. The Labute approximate surface area is 282 Å². The Morgan fingerprint density at radius 1 is 0.780 bits per heavy atom. The van der Waals surface area contributed by atoms with Crippen molar-refractivity contribution in [1.82, 2.24) is 10.6 Å². The molecule has 0 aliphatic rings. The van der Waals surface area contributed by atoms with Crippen LogP contribution in [0.5, 0.6) is 0 Å². The molecule has 2 amide bonds. The number of nitrogens with one attached hydrogen (secondary N) is 2. The fourth-order valence-electron chi connectivity index (χ4n) is 1.70. The number of aliphatic imine (C=N–C) groups is 2. The minimum absolute atomic E-state index is 0.0241. The average Bonchev–Trinajstić information content (AvgIpc) is 2.96. The van der Waals surface area contributed by atoms with Gasteiger partial charge in [-0.25, -0.2) is 9.79 Å². The van der Waals surface area contributed by atoms with E-state index >= 15 is 0 Å². The lowest BCUT2D eigenvalue weighted by Gasteiger charge is -2.05. The SMILES string of the molecule is O=C(NCSCSCN=CS(=O)CCSCSCCSC(=O)NCSCSCN=COOCSCO)OCSCO. The van der Waals surface area contributed by atoms with Gasteiger partial charge in [0.05, 0.1) is 51.7 Å². The van der Waals surface area contributed by atoms with Crippen LogP contribution in [0.25, 0.3) is 0 Å². The average molecular weight is 769 g/mol. The number of thioether (sulfide) groups is 9. The first-order valence-electron chi connectivity index (χ1n) is 11.4. The number of ether oxygens (including phenoxy) is 1. The Morgan fingerprint density at radius 3 is 2.20 bits per heavy atom. The molecule has 0 fully saturated rings. The summed E-state index contributed by atoms with van der Waals surface area (Å²) in [5.41, 5.74) is 1.49. The van der Waals surface area contributed by atoms with Crippen LogP contribution in [-0.2, 0) is 25.3 Å². The molecule has 0 saturated heterocycles. The van der Waals surface area contributed by atoms with Crippen LogP contribution >= 0.6 is 106 Å². The van der Waals surface area contributed by atoms with Gasteiger partial charge < -0.3 is 30.5 Å². The van der Waals surface area contributed by atoms with E-state index in [2.05, 4.69) is 25.5 Å². The van der Waals surface area contributed by atoms with Gasteiger partial charge in [0.25, 0.3) is 5.24 Å². The number of amides is 2. The van der Waals surface area contributed by atoms with Gasteiger partial charge in [-0.05, 0) is 0 Å². The van der Waals surface area contributed by atoms with E-state index in [-0.39, 0.29) is 29.0 Å². The summed E-state index contributed by atoms with van der Waals surface area (Å²) in [4.78, 5) is 40.7. The largest absolute Gasteiger partial charge is 0.438 e. The fraction of sp³-hybridized carbons (Fsp3) is 0.789. The van der Waals surface area contributed by atoms with Gasteiger partial charge in [-0.2, -0.15) is 28.4 Å². The van der Waals surface area contributed by atoms with Gasteiger partial charge in [0.15, 0.2) is 0 Å². The molecule has 0 aromatic rings. The molecule has 0 bridgehead atoms.